The minimum absolute atomic E-state index is 0.00357. The predicted molar refractivity (Wildman–Crippen MR) is 105 cm³/mol. The Morgan fingerprint density at radius 2 is 2.15 bits per heavy atom. The van der Waals surface area contributed by atoms with Crippen molar-refractivity contribution in [3.05, 3.63) is 24.0 Å². The van der Waals surface area contributed by atoms with Crippen LogP contribution in [0.3, 0.4) is 0 Å². The van der Waals surface area contributed by atoms with Gasteiger partial charge in [-0.1, -0.05) is 39.3 Å². The van der Waals surface area contributed by atoms with Crippen LogP contribution in [0.25, 0.3) is 0 Å². The van der Waals surface area contributed by atoms with Crippen molar-refractivity contribution in [3.63, 3.8) is 0 Å². The smallest absolute Gasteiger partial charge is 0.303 e. The first kappa shape index (κ1) is 22.0. The fraction of sp³-hybridized carbons (Fsp3) is 0.773. The van der Waals surface area contributed by atoms with Gasteiger partial charge in [-0.3, -0.25) is 4.79 Å². The van der Waals surface area contributed by atoms with Crippen LogP contribution in [-0.2, 0) is 9.53 Å². The van der Waals surface area contributed by atoms with Crippen LogP contribution in [0.4, 0.5) is 0 Å². The Hall–Kier alpha value is -1.33. The molecular weight excluding hydrogens is 344 g/mol. The number of fused-ring (bicyclic) bond motifs is 1. The second-order valence-corrected chi connectivity index (χ2v) is 8.93. The Balaban J connectivity index is 1.88. The standard InChI is InChI=1S/C22H36O5/c1-4-11-22(2,3)14-15(23)9-10-17-18-12-16(7-5-6-8-21(25)26)27-20(18)13-19(17)24/h7,9-10,15,17-20,23-24H,4-6,8,11-14H2,1-3H3,(H,25,26)/b10-9+,16-7-/t15-,17+,18-,19-,20+/m1/s1. The Kier molecular flexibility index (Phi) is 7.92. The Bertz CT molecular complexity index is 551. The van der Waals surface area contributed by atoms with Gasteiger partial charge in [-0.05, 0) is 37.2 Å². The molecule has 2 rings (SSSR count). The van der Waals surface area contributed by atoms with Crippen LogP contribution in [0.2, 0.25) is 0 Å². The lowest BCUT2D eigenvalue weighted by atomic mass is 9.82. The third-order valence-electron chi connectivity index (χ3n) is 5.84. The highest BCUT2D eigenvalue weighted by molar-refractivity contribution is 5.66. The fourth-order valence-corrected chi connectivity index (χ4v) is 4.57. The van der Waals surface area contributed by atoms with E-state index in [0.717, 1.165) is 31.4 Å². The van der Waals surface area contributed by atoms with Gasteiger partial charge in [-0.25, -0.2) is 0 Å². The summed E-state index contributed by atoms with van der Waals surface area (Å²) in [6, 6.07) is 0. The van der Waals surface area contributed by atoms with E-state index in [2.05, 4.69) is 20.8 Å². The summed E-state index contributed by atoms with van der Waals surface area (Å²) in [6.07, 6.45) is 10.7. The van der Waals surface area contributed by atoms with E-state index in [-0.39, 0.29) is 29.8 Å². The number of ether oxygens (including phenoxy) is 1. The molecule has 3 N–H and O–H groups in total. The third-order valence-corrected chi connectivity index (χ3v) is 5.84. The molecule has 0 aromatic heterocycles. The van der Waals surface area contributed by atoms with Crippen molar-refractivity contribution < 1.29 is 24.9 Å². The van der Waals surface area contributed by atoms with Gasteiger partial charge < -0.3 is 20.1 Å². The highest BCUT2D eigenvalue weighted by Crippen LogP contribution is 2.45. The number of aliphatic hydroxyl groups is 2. The van der Waals surface area contributed by atoms with E-state index in [0.29, 0.717) is 19.3 Å². The van der Waals surface area contributed by atoms with Crippen molar-refractivity contribution in [1.29, 1.82) is 0 Å². The van der Waals surface area contributed by atoms with E-state index in [9.17, 15) is 15.0 Å². The van der Waals surface area contributed by atoms with Crippen LogP contribution in [0.15, 0.2) is 24.0 Å². The minimum Gasteiger partial charge on any atom is -0.495 e. The van der Waals surface area contributed by atoms with Crippen molar-refractivity contribution in [1.82, 2.24) is 0 Å². The molecule has 1 saturated carbocycles. The lowest BCUT2D eigenvalue weighted by molar-refractivity contribution is -0.137. The van der Waals surface area contributed by atoms with Gasteiger partial charge in [0.25, 0.3) is 0 Å². The summed E-state index contributed by atoms with van der Waals surface area (Å²) in [5.41, 5.74) is 0.109. The molecule has 0 radical (unpaired) electrons. The molecule has 1 heterocycles. The van der Waals surface area contributed by atoms with Crippen molar-refractivity contribution in [2.75, 3.05) is 0 Å². The average molecular weight is 381 g/mol. The topological polar surface area (TPSA) is 87.0 Å². The maximum Gasteiger partial charge on any atom is 0.303 e. The van der Waals surface area contributed by atoms with Crippen LogP contribution in [0, 0.1) is 17.3 Å². The van der Waals surface area contributed by atoms with Gasteiger partial charge in [-0.15, -0.1) is 0 Å². The Labute approximate surface area is 163 Å². The van der Waals surface area contributed by atoms with Crippen LogP contribution < -0.4 is 0 Å². The Morgan fingerprint density at radius 1 is 1.41 bits per heavy atom. The highest BCUT2D eigenvalue weighted by Gasteiger charge is 2.47. The lowest BCUT2D eigenvalue weighted by Crippen LogP contribution is -2.21. The molecule has 27 heavy (non-hydrogen) atoms. The summed E-state index contributed by atoms with van der Waals surface area (Å²) >= 11 is 0. The minimum atomic E-state index is -0.772. The maximum atomic E-state index is 10.6. The molecular formula is C22H36O5. The van der Waals surface area contributed by atoms with Crippen molar-refractivity contribution in [3.8, 4) is 0 Å². The molecule has 154 valence electrons. The highest BCUT2D eigenvalue weighted by atomic mass is 16.5. The van der Waals surface area contributed by atoms with Crippen molar-refractivity contribution in [2.45, 2.75) is 90.4 Å². The Morgan fingerprint density at radius 3 is 2.81 bits per heavy atom. The number of hydrogen-bond acceptors (Lipinski definition) is 4. The number of unbranched alkanes of at least 4 members (excludes halogenated alkanes) is 1. The number of allylic oxidation sites excluding steroid dienone is 2. The molecule has 0 amide bonds. The first-order valence-corrected chi connectivity index (χ1v) is 10.3. The summed E-state index contributed by atoms with van der Waals surface area (Å²) in [5, 5.41) is 29.5. The molecule has 0 spiro atoms. The molecule has 0 aromatic carbocycles. The summed E-state index contributed by atoms with van der Waals surface area (Å²) < 4.78 is 5.97. The molecule has 1 aliphatic carbocycles. The van der Waals surface area contributed by atoms with E-state index in [4.69, 9.17) is 9.84 Å². The molecule has 1 saturated heterocycles. The van der Waals surface area contributed by atoms with E-state index in [1.165, 1.54) is 0 Å². The van der Waals surface area contributed by atoms with Crippen molar-refractivity contribution in [2.24, 2.45) is 17.3 Å². The van der Waals surface area contributed by atoms with Gasteiger partial charge in [0.2, 0.25) is 0 Å². The molecule has 2 fully saturated rings. The monoisotopic (exact) mass is 380 g/mol. The fourth-order valence-electron chi connectivity index (χ4n) is 4.57. The molecule has 0 unspecified atom stereocenters. The van der Waals surface area contributed by atoms with Crippen molar-refractivity contribution >= 4 is 5.97 Å². The summed E-state index contributed by atoms with van der Waals surface area (Å²) in [6.45, 7) is 6.52. The van der Waals surface area contributed by atoms with Gasteiger partial charge >= 0.3 is 5.97 Å². The first-order chi connectivity index (χ1) is 12.7. The molecule has 2 aliphatic rings. The number of rotatable bonds is 10. The second-order valence-electron chi connectivity index (χ2n) is 8.93. The van der Waals surface area contributed by atoms with Gasteiger partial charge in [0.15, 0.2) is 0 Å². The molecule has 5 heteroatoms. The first-order valence-electron chi connectivity index (χ1n) is 10.3. The van der Waals surface area contributed by atoms with Gasteiger partial charge in [0.05, 0.1) is 18.0 Å². The maximum absolute atomic E-state index is 10.6. The van der Waals surface area contributed by atoms with E-state index in [1.807, 2.05) is 18.2 Å². The predicted octanol–water partition coefficient (Wildman–Crippen LogP) is 4.04. The second kappa shape index (κ2) is 9.74. The van der Waals surface area contributed by atoms with E-state index >= 15 is 0 Å². The van der Waals surface area contributed by atoms with Gasteiger partial charge in [-0.2, -0.15) is 0 Å². The largest absolute Gasteiger partial charge is 0.495 e. The van der Waals surface area contributed by atoms with E-state index in [1.54, 1.807) is 0 Å². The summed E-state index contributed by atoms with van der Waals surface area (Å²) in [4.78, 5) is 10.6. The number of carbonyl (C=O) groups is 1. The number of aliphatic hydroxyl groups excluding tert-OH is 2. The normalized spacial score (nSPS) is 30.6. The molecule has 0 bridgehead atoms. The summed E-state index contributed by atoms with van der Waals surface area (Å²) in [5.74, 6) is 0.388. The van der Waals surface area contributed by atoms with Crippen LogP contribution in [-0.4, -0.2) is 39.6 Å². The third kappa shape index (κ3) is 6.65. The van der Waals surface area contributed by atoms with Crippen LogP contribution in [0.5, 0.6) is 0 Å². The van der Waals surface area contributed by atoms with Crippen LogP contribution >= 0.6 is 0 Å². The zero-order valence-electron chi connectivity index (χ0n) is 16.9. The lowest BCUT2D eigenvalue weighted by Gasteiger charge is -2.26. The number of carboxylic acids is 1. The SMILES string of the molecule is CCCC(C)(C)C[C@H](O)/C=C/[C@H]1[C@H]2C/C(=C/CCCC(=O)O)O[C@H]2C[C@H]1O. The van der Waals surface area contributed by atoms with Crippen LogP contribution in [0.1, 0.15) is 72.1 Å². The van der Waals surface area contributed by atoms with E-state index < -0.39 is 18.2 Å². The number of hydrogen-bond donors (Lipinski definition) is 3. The zero-order chi connectivity index (χ0) is 20.0. The summed E-state index contributed by atoms with van der Waals surface area (Å²) in [7, 11) is 0. The number of aliphatic carboxylic acids is 1. The molecule has 5 atom stereocenters. The molecule has 0 aromatic rings. The number of carboxylic acid groups (broad SMARTS) is 1. The quantitative estimate of drug-likeness (QED) is 0.393. The van der Waals surface area contributed by atoms with Gasteiger partial charge in [0, 0.05) is 31.1 Å². The van der Waals surface area contributed by atoms with Gasteiger partial charge in [0.1, 0.15) is 6.10 Å². The average Bonchev–Trinajstić information content (AvgIpc) is 3.05. The molecule has 1 aliphatic heterocycles. The molecule has 5 nitrogen and oxygen atoms in total. The zero-order valence-corrected chi connectivity index (χ0v) is 16.9.